The van der Waals surface area contributed by atoms with Crippen molar-refractivity contribution in [3.05, 3.63) is 46.8 Å². The van der Waals surface area contributed by atoms with E-state index >= 15 is 0 Å². The van der Waals surface area contributed by atoms with Crippen LogP contribution in [0.1, 0.15) is 18.1 Å². The molecule has 0 aliphatic heterocycles. The van der Waals surface area contributed by atoms with Crippen molar-refractivity contribution in [1.29, 1.82) is 0 Å². The van der Waals surface area contributed by atoms with E-state index in [0.717, 1.165) is 12.0 Å². The zero-order chi connectivity index (χ0) is 8.10. The highest BCUT2D eigenvalue weighted by Gasteiger charge is 1.93. The minimum Gasteiger partial charge on any atom is -0.312 e. The van der Waals surface area contributed by atoms with E-state index in [1.165, 1.54) is 5.56 Å². The molecule has 1 nitrogen and oxygen atoms in total. The zero-order valence-corrected chi connectivity index (χ0v) is 6.67. The zero-order valence-electron chi connectivity index (χ0n) is 6.67. The summed E-state index contributed by atoms with van der Waals surface area (Å²) in [6.07, 6.45) is 1.07. The van der Waals surface area contributed by atoms with E-state index in [0.29, 0.717) is 6.54 Å². The lowest BCUT2D eigenvalue weighted by atomic mass is 10.1. The van der Waals surface area contributed by atoms with Gasteiger partial charge in [-0.3, -0.25) is 0 Å². The Kier molecular flexibility index (Phi) is 2.68. The van der Waals surface area contributed by atoms with E-state index < -0.39 is 0 Å². The monoisotopic (exact) mass is 145 g/mol. The Labute approximate surface area is 67.5 Å². The molecule has 0 unspecified atom stereocenters. The van der Waals surface area contributed by atoms with E-state index in [1.54, 1.807) is 0 Å². The second-order valence-corrected chi connectivity index (χ2v) is 2.49. The largest absolute Gasteiger partial charge is 0.312 e. The van der Waals surface area contributed by atoms with Crippen LogP contribution >= 0.6 is 0 Å². The van der Waals surface area contributed by atoms with E-state index in [2.05, 4.69) is 23.9 Å². The second kappa shape index (κ2) is 3.78. The highest BCUT2D eigenvalue weighted by atomic mass is 14.6. The SMILES string of the molecule is [C-]#[N+]Cc1ccc(CC)cc1. The van der Waals surface area contributed by atoms with Crippen molar-refractivity contribution in [2.75, 3.05) is 0 Å². The minimum absolute atomic E-state index is 0.504. The molecule has 1 rings (SSSR count). The minimum atomic E-state index is 0.504. The number of aryl methyl sites for hydroxylation is 1. The van der Waals surface area contributed by atoms with Gasteiger partial charge in [-0.25, -0.2) is 6.57 Å². The maximum Gasteiger partial charge on any atom is 0.239 e. The summed E-state index contributed by atoms with van der Waals surface area (Å²) in [6.45, 7) is 9.30. The molecule has 1 aromatic carbocycles. The Hall–Kier alpha value is -1.29. The van der Waals surface area contributed by atoms with E-state index in [1.807, 2.05) is 12.1 Å². The molecular weight excluding hydrogens is 134 g/mol. The number of nitrogens with zero attached hydrogens (tertiary/aromatic N) is 1. The molecule has 0 aromatic heterocycles. The summed E-state index contributed by atoms with van der Waals surface area (Å²) < 4.78 is 0. The van der Waals surface area contributed by atoms with Crippen LogP contribution in [-0.2, 0) is 13.0 Å². The normalized spacial score (nSPS) is 9.09. The standard InChI is InChI=1S/C10H11N/c1-3-9-4-6-10(7-5-9)8-11-2/h4-7H,3,8H2,1H3. The van der Waals surface area contributed by atoms with Gasteiger partial charge in [0.1, 0.15) is 0 Å². The molecule has 0 bridgehead atoms. The summed E-state index contributed by atoms with van der Waals surface area (Å²) in [6, 6.07) is 8.22. The van der Waals surface area contributed by atoms with Crippen LogP contribution in [0.5, 0.6) is 0 Å². The highest BCUT2D eigenvalue weighted by Crippen LogP contribution is 2.05. The van der Waals surface area contributed by atoms with Gasteiger partial charge >= 0.3 is 0 Å². The van der Waals surface area contributed by atoms with Crippen LogP contribution in [0, 0.1) is 6.57 Å². The summed E-state index contributed by atoms with van der Waals surface area (Å²) in [5.41, 5.74) is 2.44. The molecular formula is C10H11N. The van der Waals surface area contributed by atoms with Gasteiger partial charge in [-0.2, -0.15) is 0 Å². The van der Waals surface area contributed by atoms with Crippen LogP contribution in [-0.4, -0.2) is 0 Å². The number of hydrogen-bond donors (Lipinski definition) is 0. The summed E-state index contributed by atoms with van der Waals surface area (Å²) >= 11 is 0. The molecule has 56 valence electrons. The molecule has 0 atom stereocenters. The molecule has 0 saturated heterocycles. The van der Waals surface area contributed by atoms with Gasteiger partial charge in [0.2, 0.25) is 6.54 Å². The summed E-state index contributed by atoms with van der Waals surface area (Å²) in [4.78, 5) is 3.31. The predicted molar refractivity (Wildman–Crippen MR) is 46.1 cm³/mol. The van der Waals surface area contributed by atoms with Gasteiger partial charge < -0.3 is 4.85 Å². The Morgan fingerprint density at radius 2 is 1.73 bits per heavy atom. The van der Waals surface area contributed by atoms with Crippen molar-refractivity contribution in [3.63, 3.8) is 0 Å². The molecule has 0 N–H and O–H groups in total. The van der Waals surface area contributed by atoms with Crippen LogP contribution in [0.4, 0.5) is 0 Å². The Morgan fingerprint density at radius 3 is 2.18 bits per heavy atom. The molecule has 0 amide bonds. The fraction of sp³-hybridized carbons (Fsp3) is 0.300. The quantitative estimate of drug-likeness (QED) is 0.563. The molecule has 11 heavy (non-hydrogen) atoms. The van der Waals surface area contributed by atoms with Crippen LogP contribution in [0.2, 0.25) is 0 Å². The van der Waals surface area contributed by atoms with E-state index in [9.17, 15) is 0 Å². The average Bonchev–Trinajstić information content (AvgIpc) is 2.07. The van der Waals surface area contributed by atoms with Gasteiger partial charge in [0.05, 0.1) is 0 Å². The van der Waals surface area contributed by atoms with Gasteiger partial charge in [0.25, 0.3) is 0 Å². The van der Waals surface area contributed by atoms with Crippen LogP contribution in [0.15, 0.2) is 24.3 Å². The van der Waals surface area contributed by atoms with Crippen molar-refractivity contribution in [2.45, 2.75) is 19.9 Å². The van der Waals surface area contributed by atoms with Crippen molar-refractivity contribution in [2.24, 2.45) is 0 Å². The Bertz CT molecular complexity index is 253. The average molecular weight is 145 g/mol. The lowest BCUT2D eigenvalue weighted by Crippen LogP contribution is -1.81. The Morgan fingerprint density at radius 1 is 1.18 bits per heavy atom. The second-order valence-electron chi connectivity index (χ2n) is 2.49. The number of rotatable bonds is 2. The molecule has 1 aromatic rings. The molecule has 1 heteroatoms. The highest BCUT2D eigenvalue weighted by molar-refractivity contribution is 5.23. The molecule has 0 radical (unpaired) electrons. The first-order chi connectivity index (χ1) is 5.36. The number of hydrogen-bond acceptors (Lipinski definition) is 0. The molecule has 0 heterocycles. The van der Waals surface area contributed by atoms with Crippen LogP contribution in [0.3, 0.4) is 0 Å². The van der Waals surface area contributed by atoms with Gasteiger partial charge in [0.15, 0.2) is 0 Å². The smallest absolute Gasteiger partial charge is 0.239 e. The topological polar surface area (TPSA) is 4.36 Å². The van der Waals surface area contributed by atoms with Crippen molar-refractivity contribution in [3.8, 4) is 0 Å². The summed E-state index contributed by atoms with van der Waals surface area (Å²) in [7, 11) is 0. The summed E-state index contributed by atoms with van der Waals surface area (Å²) in [5.74, 6) is 0. The van der Waals surface area contributed by atoms with Crippen molar-refractivity contribution >= 4 is 0 Å². The molecule has 0 fully saturated rings. The van der Waals surface area contributed by atoms with Gasteiger partial charge in [-0.1, -0.05) is 31.2 Å². The van der Waals surface area contributed by atoms with Gasteiger partial charge in [0, 0.05) is 5.56 Å². The first-order valence-corrected chi connectivity index (χ1v) is 3.78. The van der Waals surface area contributed by atoms with Gasteiger partial charge in [-0.15, -0.1) is 0 Å². The predicted octanol–water partition coefficient (Wildman–Crippen LogP) is 2.67. The number of benzene rings is 1. The third kappa shape index (κ3) is 2.09. The maximum absolute atomic E-state index is 6.66. The van der Waals surface area contributed by atoms with Crippen molar-refractivity contribution in [1.82, 2.24) is 0 Å². The summed E-state index contributed by atoms with van der Waals surface area (Å²) in [5, 5.41) is 0. The third-order valence-electron chi connectivity index (χ3n) is 1.69. The van der Waals surface area contributed by atoms with E-state index in [-0.39, 0.29) is 0 Å². The lowest BCUT2D eigenvalue weighted by Gasteiger charge is -1.95. The van der Waals surface area contributed by atoms with Gasteiger partial charge in [-0.05, 0) is 12.0 Å². The lowest BCUT2D eigenvalue weighted by molar-refractivity contribution is 1.13. The van der Waals surface area contributed by atoms with E-state index in [4.69, 9.17) is 6.57 Å². The fourth-order valence-corrected chi connectivity index (χ4v) is 0.972. The fourth-order valence-electron chi connectivity index (χ4n) is 0.972. The molecule has 0 aliphatic carbocycles. The third-order valence-corrected chi connectivity index (χ3v) is 1.69. The maximum atomic E-state index is 6.66. The Balaban J connectivity index is 2.76. The van der Waals surface area contributed by atoms with Crippen molar-refractivity contribution < 1.29 is 0 Å². The first-order valence-electron chi connectivity index (χ1n) is 3.78. The van der Waals surface area contributed by atoms with Crippen LogP contribution in [0.25, 0.3) is 4.85 Å². The molecule has 0 spiro atoms. The molecule has 0 aliphatic rings. The van der Waals surface area contributed by atoms with Crippen LogP contribution < -0.4 is 0 Å². The molecule has 0 saturated carbocycles. The first kappa shape index (κ1) is 7.81.